The molecular weight excluding hydrogens is 465 g/mol. The Morgan fingerprint density at radius 2 is 1.79 bits per heavy atom. The maximum Gasteiger partial charge on any atom is 0.337 e. The second-order valence-corrected chi connectivity index (χ2v) is 7.72. The minimum atomic E-state index is -1.06. The van der Waals surface area contributed by atoms with Crippen LogP contribution < -0.4 is 10.1 Å². The normalized spacial score (nSPS) is 10.5. The van der Waals surface area contributed by atoms with E-state index in [-0.39, 0.29) is 10.6 Å². The summed E-state index contributed by atoms with van der Waals surface area (Å²) in [5.41, 5.74) is 2.62. The fraction of sp³-hybridized carbons (Fsp3) is 0.0952. The first-order valence-electron chi connectivity index (χ1n) is 8.35. The molecule has 3 aromatic rings. The summed E-state index contributed by atoms with van der Waals surface area (Å²) in [6, 6.07) is 18.0. The molecule has 144 valence electrons. The summed E-state index contributed by atoms with van der Waals surface area (Å²) >= 11 is 15.7. The maximum absolute atomic E-state index is 11.1. The summed E-state index contributed by atoms with van der Waals surface area (Å²) in [6.07, 6.45) is 0. The molecule has 0 heterocycles. The van der Waals surface area contributed by atoms with Crippen molar-refractivity contribution in [2.24, 2.45) is 0 Å². The van der Waals surface area contributed by atoms with Crippen molar-refractivity contribution >= 4 is 50.8 Å². The molecule has 0 aromatic heterocycles. The van der Waals surface area contributed by atoms with Gasteiger partial charge in [-0.25, -0.2) is 4.79 Å². The van der Waals surface area contributed by atoms with Crippen molar-refractivity contribution in [2.45, 2.75) is 13.2 Å². The molecule has 2 N–H and O–H groups in total. The van der Waals surface area contributed by atoms with Gasteiger partial charge in [0.05, 0.1) is 10.6 Å². The maximum atomic E-state index is 11.1. The molecule has 0 radical (unpaired) electrons. The van der Waals surface area contributed by atoms with Gasteiger partial charge >= 0.3 is 5.97 Å². The van der Waals surface area contributed by atoms with Crippen molar-refractivity contribution in [1.82, 2.24) is 0 Å². The Morgan fingerprint density at radius 3 is 2.50 bits per heavy atom. The highest BCUT2D eigenvalue weighted by molar-refractivity contribution is 9.10. The molecule has 0 aliphatic heterocycles. The third-order valence-electron chi connectivity index (χ3n) is 4.05. The number of nitrogens with one attached hydrogen (secondary N) is 1. The van der Waals surface area contributed by atoms with Crippen LogP contribution in [0.1, 0.15) is 21.5 Å². The highest BCUT2D eigenvalue weighted by atomic mass is 79.9. The zero-order valence-electron chi connectivity index (χ0n) is 14.6. The van der Waals surface area contributed by atoms with Crippen molar-refractivity contribution in [1.29, 1.82) is 0 Å². The van der Waals surface area contributed by atoms with Crippen molar-refractivity contribution in [2.75, 3.05) is 5.32 Å². The van der Waals surface area contributed by atoms with Crippen LogP contribution in [-0.2, 0) is 13.2 Å². The van der Waals surface area contributed by atoms with Crippen molar-refractivity contribution in [3.8, 4) is 5.75 Å². The summed E-state index contributed by atoms with van der Waals surface area (Å²) < 4.78 is 6.90. The van der Waals surface area contributed by atoms with Crippen LogP contribution in [0.25, 0.3) is 0 Å². The third-order valence-corrected chi connectivity index (χ3v) is 5.22. The molecule has 0 saturated carbocycles. The van der Waals surface area contributed by atoms with Crippen LogP contribution in [-0.4, -0.2) is 11.1 Å². The Hall–Kier alpha value is -2.21. The number of rotatable bonds is 7. The number of ether oxygens (including phenoxy) is 1. The SMILES string of the molecule is O=C(O)c1ccc(NCc2cc(Br)ccc2OCc2ccccc2Cl)cc1Cl. The number of carboxylic acids is 1. The third kappa shape index (κ3) is 5.19. The minimum absolute atomic E-state index is 0.0680. The number of carbonyl (C=O) groups is 1. The van der Waals surface area contributed by atoms with Crippen molar-refractivity contribution < 1.29 is 14.6 Å². The molecule has 0 atom stereocenters. The monoisotopic (exact) mass is 479 g/mol. The van der Waals surface area contributed by atoms with Crippen LogP contribution in [0, 0.1) is 0 Å². The first-order valence-corrected chi connectivity index (χ1v) is 9.90. The molecular formula is C21H16BrCl2NO3. The molecule has 0 spiro atoms. The summed E-state index contributed by atoms with van der Waals surface area (Å²) in [4.78, 5) is 11.1. The van der Waals surface area contributed by atoms with Gasteiger partial charge in [-0.3, -0.25) is 0 Å². The zero-order valence-corrected chi connectivity index (χ0v) is 17.7. The highest BCUT2D eigenvalue weighted by Gasteiger charge is 2.10. The zero-order chi connectivity index (χ0) is 20.1. The molecule has 4 nitrogen and oxygen atoms in total. The number of halogens is 3. The lowest BCUT2D eigenvalue weighted by atomic mass is 10.1. The summed E-state index contributed by atoms with van der Waals surface area (Å²) in [5.74, 6) is -0.331. The van der Waals surface area contributed by atoms with Gasteiger partial charge in [0.15, 0.2) is 0 Å². The molecule has 0 amide bonds. The predicted octanol–water partition coefficient (Wildman–Crippen LogP) is 6.65. The Bertz CT molecular complexity index is 1010. The number of anilines is 1. The average molecular weight is 481 g/mol. The van der Waals surface area contributed by atoms with Gasteiger partial charge in [0.2, 0.25) is 0 Å². The van der Waals surface area contributed by atoms with Gasteiger partial charge in [0, 0.05) is 32.9 Å². The van der Waals surface area contributed by atoms with E-state index in [1.807, 2.05) is 42.5 Å². The molecule has 0 aliphatic rings. The lowest BCUT2D eigenvalue weighted by Crippen LogP contribution is -2.05. The lowest BCUT2D eigenvalue weighted by Gasteiger charge is -2.14. The molecule has 7 heteroatoms. The Balaban J connectivity index is 1.73. The molecule has 0 saturated heterocycles. The summed E-state index contributed by atoms with van der Waals surface area (Å²) in [5, 5.41) is 13.2. The van der Waals surface area contributed by atoms with E-state index in [4.69, 9.17) is 33.0 Å². The van der Waals surface area contributed by atoms with E-state index in [9.17, 15) is 4.79 Å². The number of hydrogen-bond donors (Lipinski definition) is 2. The van der Waals surface area contributed by atoms with E-state index in [1.165, 1.54) is 6.07 Å². The standard InChI is InChI=1S/C21H16BrCl2NO3/c22-15-5-8-20(28-12-13-3-1-2-4-18(13)23)14(9-15)11-25-16-6-7-17(21(26)27)19(24)10-16/h1-10,25H,11-12H2,(H,26,27). The number of carboxylic acid groups (broad SMARTS) is 1. The molecule has 28 heavy (non-hydrogen) atoms. The Morgan fingerprint density at radius 1 is 1.00 bits per heavy atom. The average Bonchev–Trinajstić information content (AvgIpc) is 2.66. The van der Waals surface area contributed by atoms with Crippen molar-refractivity contribution in [3.63, 3.8) is 0 Å². The van der Waals surface area contributed by atoms with Crippen molar-refractivity contribution in [3.05, 3.63) is 91.9 Å². The highest BCUT2D eigenvalue weighted by Crippen LogP contribution is 2.27. The topological polar surface area (TPSA) is 58.6 Å². The smallest absolute Gasteiger partial charge is 0.337 e. The van der Waals surface area contributed by atoms with E-state index in [0.717, 1.165) is 21.3 Å². The predicted molar refractivity (Wildman–Crippen MR) is 116 cm³/mol. The van der Waals surface area contributed by atoms with E-state index in [1.54, 1.807) is 12.1 Å². The second-order valence-electron chi connectivity index (χ2n) is 5.99. The van der Waals surface area contributed by atoms with Crippen LogP contribution in [0.15, 0.2) is 65.1 Å². The molecule has 0 unspecified atom stereocenters. The van der Waals surface area contributed by atoms with Gasteiger partial charge in [0.25, 0.3) is 0 Å². The molecule has 0 aliphatic carbocycles. The van der Waals surface area contributed by atoms with E-state index >= 15 is 0 Å². The quantitative estimate of drug-likeness (QED) is 0.397. The summed E-state index contributed by atoms with van der Waals surface area (Å²) in [6.45, 7) is 0.827. The fourth-order valence-corrected chi connectivity index (χ4v) is 3.45. The van der Waals surface area contributed by atoms with Gasteiger partial charge in [0.1, 0.15) is 12.4 Å². The molecule has 3 rings (SSSR count). The second kappa shape index (κ2) is 9.32. The van der Waals surface area contributed by atoms with Gasteiger partial charge in [-0.2, -0.15) is 0 Å². The van der Waals surface area contributed by atoms with Crippen LogP contribution in [0.2, 0.25) is 10.0 Å². The van der Waals surface area contributed by atoms with Gasteiger partial charge < -0.3 is 15.2 Å². The van der Waals surface area contributed by atoms with Crippen LogP contribution in [0.3, 0.4) is 0 Å². The minimum Gasteiger partial charge on any atom is -0.488 e. The van der Waals surface area contributed by atoms with Gasteiger partial charge in [-0.15, -0.1) is 0 Å². The fourth-order valence-electron chi connectivity index (χ4n) is 2.59. The van der Waals surface area contributed by atoms with Gasteiger partial charge in [-0.1, -0.05) is 57.3 Å². The van der Waals surface area contributed by atoms with E-state index < -0.39 is 5.97 Å². The number of aromatic carboxylic acids is 1. The first kappa shape index (κ1) is 20.5. The number of benzene rings is 3. The first-order chi connectivity index (χ1) is 13.4. The van der Waals surface area contributed by atoms with Crippen LogP contribution >= 0.6 is 39.1 Å². The molecule has 3 aromatic carbocycles. The van der Waals surface area contributed by atoms with E-state index in [0.29, 0.717) is 23.9 Å². The van der Waals surface area contributed by atoms with Crippen LogP contribution in [0.5, 0.6) is 5.75 Å². The molecule has 0 bridgehead atoms. The summed E-state index contributed by atoms with van der Waals surface area (Å²) in [7, 11) is 0. The lowest BCUT2D eigenvalue weighted by molar-refractivity contribution is 0.0697. The van der Waals surface area contributed by atoms with E-state index in [2.05, 4.69) is 21.2 Å². The van der Waals surface area contributed by atoms with Crippen LogP contribution in [0.4, 0.5) is 5.69 Å². The number of hydrogen-bond acceptors (Lipinski definition) is 3. The Kier molecular flexibility index (Phi) is 6.83. The molecule has 0 fully saturated rings. The van der Waals surface area contributed by atoms with Gasteiger partial charge in [-0.05, 0) is 42.5 Å². The Labute approximate surface area is 181 Å². The largest absolute Gasteiger partial charge is 0.488 e.